The van der Waals surface area contributed by atoms with E-state index in [2.05, 4.69) is 21.2 Å². The van der Waals surface area contributed by atoms with Gasteiger partial charge in [-0.1, -0.05) is 62.9 Å². The third kappa shape index (κ3) is 7.75. The fraction of sp³-hybridized carbons (Fsp3) is 0.286. The highest BCUT2D eigenvalue weighted by Gasteiger charge is 2.33. The number of nitrogens with zero attached hydrogens (tertiary/aromatic N) is 2. The van der Waals surface area contributed by atoms with Crippen molar-refractivity contribution in [2.24, 2.45) is 0 Å². The number of sulfonamides is 1. The van der Waals surface area contributed by atoms with Crippen molar-refractivity contribution in [1.29, 1.82) is 0 Å². The van der Waals surface area contributed by atoms with E-state index in [1.54, 1.807) is 61.5 Å². The minimum Gasteiger partial charge on any atom is -0.352 e. The first-order chi connectivity index (χ1) is 18.3. The Hall–Kier alpha value is -2.59. The number of hydrogen-bond donors (Lipinski definition) is 1. The maximum absolute atomic E-state index is 13.9. The lowest BCUT2D eigenvalue weighted by atomic mass is 10.1. The molecule has 1 atom stereocenters. The van der Waals surface area contributed by atoms with Crippen molar-refractivity contribution < 1.29 is 18.0 Å². The summed E-state index contributed by atoms with van der Waals surface area (Å²) in [6, 6.07) is 16.8. The Bertz CT molecular complexity index is 1410. The van der Waals surface area contributed by atoms with Crippen molar-refractivity contribution >= 4 is 66.7 Å². The molecule has 0 aliphatic carbocycles. The van der Waals surface area contributed by atoms with E-state index in [1.165, 1.54) is 17.0 Å². The molecule has 0 bridgehead atoms. The van der Waals surface area contributed by atoms with Crippen LogP contribution in [0.2, 0.25) is 10.0 Å². The van der Waals surface area contributed by atoms with Crippen molar-refractivity contribution in [2.75, 3.05) is 10.8 Å². The molecule has 0 fully saturated rings. The molecule has 208 valence electrons. The summed E-state index contributed by atoms with van der Waals surface area (Å²) in [6.45, 7) is 6.41. The van der Waals surface area contributed by atoms with Crippen molar-refractivity contribution in [1.82, 2.24) is 10.2 Å². The second kappa shape index (κ2) is 13.2. The van der Waals surface area contributed by atoms with Gasteiger partial charge in [-0.05, 0) is 76.2 Å². The van der Waals surface area contributed by atoms with Crippen molar-refractivity contribution in [2.45, 2.75) is 51.2 Å². The van der Waals surface area contributed by atoms with Gasteiger partial charge in [0.2, 0.25) is 11.8 Å². The van der Waals surface area contributed by atoms with Crippen LogP contribution < -0.4 is 9.62 Å². The van der Waals surface area contributed by atoms with Crippen LogP contribution in [0.4, 0.5) is 5.69 Å². The van der Waals surface area contributed by atoms with Gasteiger partial charge in [0.15, 0.2) is 0 Å². The third-order valence-corrected chi connectivity index (χ3v) is 9.02. The molecule has 1 N–H and O–H groups in total. The Labute approximate surface area is 248 Å². The molecule has 3 aromatic rings. The predicted octanol–water partition coefficient (Wildman–Crippen LogP) is 6.20. The molecule has 3 aromatic carbocycles. The number of aryl methyl sites for hydroxylation is 1. The van der Waals surface area contributed by atoms with Gasteiger partial charge >= 0.3 is 0 Å². The van der Waals surface area contributed by atoms with E-state index < -0.39 is 34.4 Å². The first-order valence-electron chi connectivity index (χ1n) is 12.2. The van der Waals surface area contributed by atoms with E-state index in [4.69, 9.17) is 23.2 Å². The maximum Gasteiger partial charge on any atom is 0.264 e. The molecule has 0 aromatic heterocycles. The molecular weight excluding hydrogens is 625 g/mol. The van der Waals surface area contributed by atoms with Gasteiger partial charge in [-0.2, -0.15) is 0 Å². The number of carbonyl (C=O) groups is 2. The largest absolute Gasteiger partial charge is 0.352 e. The predicted molar refractivity (Wildman–Crippen MR) is 160 cm³/mol. The minimum absolute atomic E-state index is 0.0371. The molecule has 0 aliphatic heterocycles. The van der Waals surface area contributed by atoms with E-state index in [0.29, 0.717) is 21.3 Å². The lowest BCUT2D eigenvalue weighted by Crippen LogP contribution is -2.52. The maximum atomic E-state index is 13.9. The molecule has 0 unspecified atom stereocenters. The average molecular weight is 655 g/mol. The number of carbonyl (C=O) groups excluding carboxylic acids is 2. The Balaban J connectivity index is 2.06. The van der Waals surface area contributed by atoms with Gasteiger partial charge in [-0.15, -0.1) is 0 Å². The van der Waals surface area contributed by atoms with Gasteiger partial charge in [0.05, 0.1) is 10.6 Å². The Morgan fingerprint density at radius 3 is 2.03 bits per heavy atom. The summed E-state index contributed by atoms with van der Waals surface area (Å²) in [5.74, 6) is -0.992. The Morgan fingerprint density at radius 2 is 1.49 bits per heavy atom. The lowest BCUT2D eigenvalue weighted by molar-refractivity contribution is -0.139. The van der Waals surface area contributed by atoms with Gasteiger partial charge < -0.3 is 10.2 Å². The summed E-state index contributed by atoms with van der Waals surface area (Å²) in [6.07, 6.45) is 0. The highest BCUT2D eigenvalue weighted by atomic mass is 79.9. The smallest absolute Gasteiger partial charge is 0.264 e. The second-order valence-corrected chi connectivity index (χ2v) is 13.0. The van der Waals surface area contributed by atoms with Crippen LogP contribution in [0.25, 0.3) is 0 Å². The molecule has 0 heterocycles. The number of rotatable bonds is 10. The van der Waals surface area contributed by atoms with Gasteiger partial charge in [0.1, 0.15) is 12.6 Å². The van der Waals surface area contributed by atoms with Crippen molar-refractivity contribution in [3.05, 3.63) is 92.4 Å². The van der Waals surface area contributed by atoms with E-state index in [9.17, 15) is 18.0 Å². The van der Waals surface area contributed by atoms with Crippen LogP contribution in [0, 0.1) is 6.92 Å². The number of anilines is 1. The molecule has 0 saturated carbocycles. The minimum atomic E-state index is -4.15. The zero-order valence-electron chi connectivity index (χ0n) is 22.0. The standard InChI is InChI=1S/C28H30BrCl2N3O4S/c1-18(2)32-28(36)20(4)33(16-24-25(30)6-5-7-26(24)31)27(35)17-34(22-12-10-21(29)11-13-22)39(37,38)23-14-8-19(3)9-15-23/h5-15,18,20H,16-17H2,1-4H3,(H,32,36)/t20-/m0/s1. The molecule has 39 heavy (non-hydrogen) atoms. The summed E-state index contributed by atoms with van der Waals surface area (Å²) in [7, 11) is -4.15. The van der Waals surface area contributed by atoms with Crippen LogP contribution in [-0.2, 0) is 26.2 Å². The summed E-state index contributed by atoms with van der Waals surface area (Å²) < 4.78 is 29.4. The zero-order valence-corrected chi connectivity index (χ0v) is 25.9. The van der Waals surface area contributed by atoms with Crippen LogP contribution in [-0.4, -0.2) is 43.8 Å². The molecule has 0 spiro atoms. The number of nitrogens with one attached hydrogen (secondary N) is 1. The molecule has 3 rings (SSSR count). The number of amides is 2. The highest BCUT2D eigenvalue weighted by molar-refractivity contribution is 9.10. The average Bonchev–Trinajstić information content (AvgIpc) is 2.87. The molecule has 2 amide bonds. The number of benzene rings is 3. The van der Waals surface area contributed by atoms with E-state index in [1.807, 2.05) is 20.8 Å². The van der Waals surface area contributed by atoms with Crippen LogP contribution in [0.1, 0.15) is 31.9 Å². The van der Waals surface area contributed by atoms with Crippen LogP contribution in [0.3, 0.4) is 0 Å². The Morgan fingerprint density at radius 1 is 0.923 bits per heavy atom. The van der Waals surface area contributed by atoms with Crippen LogP contribution >= 0.6 is 39.1 Å². The summed E-state index contributed by atoms with van der Waals surface area (Å²) in [5, 5.41) is 3.46. The number of halogens is 3. The molecule has 0 aliphatic rings. The third-order valence-electron chi connectivity index (χ3n) is 5.99. The lowest BCUT2D eigenvalue weighted by Gasteiger charge is -2.32. The highest BCUT2D eigenvalue weighted by Crippen LogP contribution is 2.29. The molecule has 7 nitrogen and oxygen atoms in total. The van der Waals surface area contributed by atoms with Gasteiger partial charge in [0.25, 0.3) is 10.0 Å². The van der Waals surface area contributed by atoms with E-state index in [-0.39, 0.29) is 17.5 Å². The first-order valence-corrected chi connectivity index (χ1v) is 15.2. The normalized spacial score (nSPS) is 12.2. The van der Waals surface area contributed by atoms with Gasteiger partial charge in [-0.25, -0.2) is 8.42 Å². The monoisotopic (exact) mass is 653 g/mol. The van der Waals surface area contributed by atoms with E-state index in [0.717, 1.165) is 14.3 Å². The van der Waals surface area contributed by atoms with Crippen LogP contribution in [0.5, 0.6) is 0 Å². The second-order valence-electron chi connectivity index (χ2n) is 9.36. The number of hydrogen-bond acceptors (Lipinski definition) is 4. The SMILES string of the molecule is Cc1ccc(S(=O)(=O)N(CC(=O)N(Cc2c(Cl)cccc2Cl)[C@@H](C)C(=O)NC(C)C)c2ccc(Br)cc2)cc1. The molecule has 0 radical (unpaired) electrons. The van der Waals surface area contributed by atoms with Crippen molar-refractivity contribution in [3.8, 4) is 0 Å². The molecule has 11 heteroatoms. The fourth-order valence-electron chi connectivity index (χ4n) is 3.82. The quantitative estimate of drug-likeness (QED) is 0.282. The van der Waals surface area contributed by atoms with Gasteiger partial charge in [-0.3, -0.25) is 13.9 Å². The summed E-state index contributed by atoms with van der Waals surface area (Å²) in [5.41, 5.74) is 1.64. The summed E-state index contributed by atoms with van der Waals surface area (Å²) >= 11 is 16.2. The van der Waals surface area contributed by atoms with Crippen molar-refractivity contribution in [3.63, 3.8) is 0 Å². The Kier molecular flexibility index (Phi) is 10.5. The molecule has 0 saturated heterocycles. The zero-order chi connectivity index (χ0) is 28.9. The first kappa shape index (κ1) is 30.9. The van der Waals surface area contributed by atoms with E-state index >= 15 is 0 Å². The summed E-state index contributed by atoms with van der Waals surface area (Å²) in [4.78, 5) is 28.3. The topological polar surface area (TPSA) is 86.8 Å². The fourth-order valence-corrected chi connectivity index (χ4v) is 6.01. The van der Waals surface area contributed by atoms with Crippen LogP contribution in [0.15, 0.2) is 76.1 Å². The molecular formula is C28H30BrCl2N3O4S. The van der Waals surface area contributed by atoms with Gasteiger partial charge in [0, 0.05) is 32.7 Å².